The highest BCUT2D eigenvalue weighted by Crippen LogP contribution is 2.40. The minimum absolute atomic E-state index is 0. The molecule has 0 amide bonds. The molecule has 1 atom stereocenters. The van der Waals surface area contributed by atoms with Gasteiger partial charge in [-0.05, 0) is 36.5 Å². The second-order valence-electron chi connectivity index (χ2n) is 3.84. The molecule has 1 fully saturated rings. The second-order valence-corrected chi connectivity index (χ2v) is 3.84. The molecule has 7 heteroatoms. The molecule has 0 saturated heterocycles. The van der Waals surface area contributed by atoms with Gasteiger partial charge in [0.2, 0.25) is 0 Å². The van der Waals surface area contributed by atoms with E-state index in [2.05, 4.69) is 4.98 Å². The van der Waals surface area contributed by atoms with Crippen LogP contribution in [-0.4, -0.2) is 4.98 Å². The molecule has 0 aliphatic heterocycles. The average Bonchev–Trinajstić information content (AvgIpc) is 2.99. The highest BCUT2D eigenvalue weighted by molar-refractivity contribution is 5.85. The predicted octanol–water partition coefficient (Wildman–Crippen LogP) is 3.35. The summed E-state index contributed by atoms with van der Waals surface area (Å²) in [5.41, 5.74) is 5.48. The van der Waals surface area contributed by atoms with Gasteiger partial charge in [-0.2, -0.15) is 13.2 Å². The fourth-order valence-electron chi connectivity index (χ4n) is 1.54. The van der Waals surface area contributed by atoms with E-state index in [-0.39, 0.29) is 30.9 Å². The van der Waals surface area contributed by atoms with Gasteiger partial charge in [-0.1, -0.05) is 0 Å². The van der Waals surface area contributed by atoms with Crippen LogP contribution in [0.4, 0.5) is 13.2 Å². The third-order valence-corrected chi connectivity index (χ3v) is 2.59. The predicted molar refractivity (Wildman–Crippen MR) is 63.4 cm³/mol. The summed E-state index contributed by atoms with van der Waals surface area (Å²) in [6.07, 6.45) is -1.21. The zero-order valence-electron chi connectivity index (χ0n) is 8.78. The Morgan fingerprint density at radius 2 is 1.88 bits per heavy atom. The average molecular weight is 289 g/mol. The fourth-order valence-corrected chi connectivity index (χ4v) is 1.54. The lowest BCUT2D eigenvalue weighted by Gasteiger charge is -2.12. The first kappa shape index (κ1) is 16.5. The van der Waals surface area contributed by atoms with Crippen LogP contribution in [0.1, 0.15) is 30.1 Å². The number of alkyl halides is 3. The lowest BCUT2D eigenvalue weighted by atomic mass is 10.0. The first-order chi connectivity index (χ1) is 6.98. The minimum Gasteiger partial charge on any atom is -0.324 e. The van der Waals surface area contributed by atoms with Crippen molar-refractivity contribution in [1.29, 1.82) is 0 Å². The highest BCUT2D eigenvalue weighted by Gasteiger charge is 2.34. The van der Waals surface area contributed by atoms with Crippen molar-refractivity contribution in [3.63, 3.8) is 0 Å². The van der Waals surface area contributed by atoms with E-state index < -0.39 is 11.9 Å². The van der Waals surface area contributed by atoms with Gasteiger partial charge in [0, 0.05) is 12.2 Å². The van der Waals surface area contributed by atoms with Crippen molar-refractivity contribution in [2.45, 2.75) is 25.1 Å². The molecule has 1 aromatic rings. The third kappa shape index (κ3) is 4.01. The Morgan fingerprint density at radius 3 is 2.35 bits per heavy atom. The Balaban J connectivity index is 0.00000128. The third-order valence-electron chi connectivity index (χ3n) is 2.59. The van der Waals surface area contributed by atoms with Gasteiger partial charge < -0.3 is 5.73 Å². The molecule has 0 aromatic carbocycles. The number of pyridine rings is 1. The van der Waals surface area contributed by atoms with Gasteiger partial charge in [-0.25, -0.2) is 0 Å². The van der Waals surface area contributed by atoms with E-state index in [9.17, 15) is 13.2 Å². The van der Waals surface area contributed by atoms with Crippen LogP contribution in [0.3, 0.4) is 0 Å². The van der Waals surface area contributed by atoms with Gasteiger partial charge in [0.05, 0.1) is 0 Å². The molecule has 1 unspecified atom stereocenters. The highest BCUT2D eigenvalue weighted by atomic mass is 35.5. The van der Waals surface area contributed by atoms with Crippen molar-refractivity contribution in [3.05, 3.63) is 29.6 Å². The summed E-state index contributed by atoms with van der Waals surface area (Å²) in [5, 5.41) is 0. The lowest BCUT2D eigenvalue weighted by Crippen LogP contribution is -2.15. The van der Waals surface area contributed by atoms with E-state index in [4.69, 9.17) is 5.73 Å². The second kappa shape index (κ2) is 5.89. The number of hydrogen-bond donors (Lipinski definition) is 1. The van der Waals surface area contributed by atoms with Crippen molar-refractivity contribution < 1.29 is 13.2 Å². The Hall–Kier alpha value is -0.520. The molecule has 1 aromatic heterocycles. The molecule has 1 aliphatic rings. The molecule has 1 heterocycles. The largest absolute Gasteiger partial charge is 0.433 e. The van der Waals surface area contributed by atoms with Gasteiger partial charge in [0.15, 0.2) is 0 Å². The summed E-state index contributed by atoms with van der Waals surface area (Å²) >= 11 is 0. The van der Waals surface area contributed by atoms with E-state index in [0.29, 0.717) is 11.5 Å². The number of nitrogens with two attached hydrogens (primary N) is 1. The van der Waals surface area contributed by atoms with Crippen molar-refractivity contribution in [2.24, 2.45) is 11.7 Å². The van der Waals surface area contributed by atoms with Crippen LogP contribution in [0.15, 0.2) is 18.3 Å². The summed E-state index contributed by atoms with van der Waals surface area (Å²) in [7, 11) is 0. The molecule has 17 heavy (non-hydrogen) atoms. The Bertz CT molecular complexity index is 367. The van der Waals surface area contributed by atoms with Crippen LogP contribution in [0.2, 0.25) is 0 Å². The SMILES string of the molecule is Cl.Cl.NC(c1ccnc(C(F)(F)F)c1)C1CC1. The van der Waals surface area contributed by atoms with Gasteiger partial charge in [0.25, 0.3) is 0 Å². The number of halogens is 5. The molecule has 2 nitrogen and oxygen atoms in total. The van der Waals surface area contributed by atoms with Crippen LogP contribution < -0.4 is 5.73 Å². The monoisotopic (exact) mass is 288 g/mol. The number of nitrogens with zero attached hydrogens (tertiary/aromatic N) is 1. The maximum Gasteiger partial charge on any atom is 0.433 e. The summed E-state index contributed by atoms with van der Waals surface area (Å²) < 4.78 is 37.0. The minimum atomic E-state index is -4.39. The van der Waals surface area contributed by atoms with Crippen LogP contribution in [0, 0.1) is 5.92 Å². The van der Waals surface area contributed by atoms with Crippen LogP contribution in [0.25, 0.3) is 0 Å². The Morgan fingerprint density at radius 1 is 1.29 bits per heavy atom. The van der Waals surface area contributed by atoms with Crippen LogP contribution in [-0.2, 0) is 6.18 Å². The zero-order valence-corrected chi connectivity index (χ0v) is 10.4. The zero-order chi connectivity index (χ0) is 11.1. The number of rotatable bonds is 2. The van der Waals surface area contributed by atoms with Crippen LogP contribution in [0.5, 0.6) is 0 Å². The molecule has 98 valence electrons. The normalized spacial score (nSPS) is 16.7. The van der Waals surface area contributed by atoms with Gasteiger partial charge in [0.1, 0.15) is 5.69 Å². The first-order valence-electron chi connectivity index (χ1n) is 4.77. The van der Waals surface area contributed by atoms with Crippen LogP contribution >= 0.6 is 24.8 Å². The smallest absolute Gasteiger partial charge is 0.324 e. The molecule has 1 saturated carbocycles. The fraction of sp³-hybridized carbons (Fsp3) is 0.500. The van der Waals surface area contributed by atoms with E-state index in [1.54, 1.807) is 6.07 Å². The lowest BCUT2D eigenvalue weighted by molar-refractivity contribution is -0.141. The Kier molecular flexibility index (Phi) is 5.71. The summed E-state index contributed by atoms with van der Waals surface area (Å²) in [6, 6.07) is 2.32. The molecular formula is C10H13Cl2F3N2. The first-order valence-corrected chi connectivity index (χ1v) is 4.77. The van der Waals surface area contributed by atoms with E-state index in [0.717, 1.165) is 18.9 Å². The quantitative estimate of drug-likeness (QED) is 0.906. The standard InChI is InChI=1S/C10H11F3N2.2ClH/c11-10(12,13)8-5-7(3-4-15-8)9(14)6-1-2-6;;/h3-6,9H,1-2,14H2;2*1H. The van der Waals surface area contributed by atoms with Crippen molar-refractivity contribution in [1.82, 2.24) is 4.98 Å². The van der Waals surface area contributed by atoms with Gasteiger partial charge in [-0.3, -0.25) is 4.98 Å². The topological polar surface area (TPSA) is 38.9 Å². The van der Waals surface area contributed by atoms with E-state index in [1.165, 1.54) is 6.20 Å². The van der Waals surface area contributed by atoms with Gasteiger partial charge >= 0.3 is 6.18 Å². The molecule has 0 radical (unpaired) electrons. The van der Waals surface area contributed by atoms with Gasteiger partial charge in [-0.15, -0.1) is 24.8 Å². The molecule has 2 N–H and O–H groups in total. The molecule has 1 aliphatic carbocycles. The summed E-state index contributed by atoms with van der Waals surface area (Å²) in [4.78, 5) is 3.29. The molecule has 2 rings (SSSR count). The summed E-state index contributed by atoms with van der Waals surface area (Å²) in [6.45, 7) is 0. The van der Waals surface area contributed by atoms with Crippen molar-refractivity contribution in [3.8, 4) is 0 Å². The summed E-state index contributed by atoms with van der Waals surface area (Å²) in [5.74, 6) is 0.341. The number of hydrogen-bond acceptors (Lipinski definition) is 2. The maximum atomic E-state index is 12.3. The van der Waals surface area contributed by atoms with Crippen molar-refractivity contribution >= 4 is 24.8 Å². The number of aromatic nitrogens is 1. The molecule has 0 spiro atoms. The van der Waals surface area contributed by atoms with Crippen molar-refractivity contribution in [2.75, 3.05) is 0 Å². The van der Waals surface area contributed by atoms with E-state index in [1.807, 2.05) is 0 Å². The molecular weight excluding hydrogens is 276 g/mol. The van der Waals surface area contributed by atoms with E-state index >= 15 is 0 Å². The Labute approximate surface area is 110 Å². The maximum absolute atomic E-state index is 12.3. The molecule has 0 bridgehead atoms.